The van der Waals surface area contributed by atoms with Crippen LogP contribution in [0, 0.1) is 0 Å². The Kier molecular flexibility index (Phi) is 5.42. The third kappa shape index (κ3) is 3.87. The number of amides is 1. The van der Waals surface area contributed by atoms with Crippen LogP contribution in [0.1, 0.15) is 23.8 Å². The zero-order chi connectivity index (χ0) is 24.6. The van der Waals surface area contributed by atoms with Crippen molar-refractivity contribution in [3.05, 3.63) is 106 Å². The summed E-state index contributed by atoms with van der Waals surface area (Å²) in [5.41, 5.74) is 2.21. The van der Waals surface area contributed by atoms with Gasteiger partial charge in [0.25, 0.3) is 11.5 Å². The van der Waals surface area contributed by atoms with Gasteiger partial charge in [0.15, 0.2) is 11.2 Å². The van der Waals surface area contributed by atoms with Crippen molar-refractivity contribution in [3.8, 4) is 5.69 Å². The van der Waals surface area contributed by atoms with Gasteiger partial charge < -0.3 is 4.42 Å². The molecule has 0 fully saturated rings. The molecule has 10 nitrogen and oxygen atoms in total. The Hall–Kier alpha value is -4.57. The molecule has 11 heteroatoms. The van der Waals surface area contributed by atoms with Crippen LogP contribution in [-0.4, -0.2) is 41.2 Å². The molecule has 2 aromatic carbocycles. The number of halogens is 1. The maximum Gasteiger partial charge on any atom is 0.284 e. The van der Waals surface area contributed by atoms with E-state index in [0.29, 0.717) is 28.6 Å². The first-order valence-electron chi connectivity index (χ1n) is 11.1. The van der Waals surface area contributed by atoms with Crippen molar-refractivity contribution in [2.45, 2.75) is 19.0 Å². The van der Waals surface area contributed by atoms with Crippen LogP contribution < -0.4 is 5.56 Å². The fourth-order valence-electron chi connectivity index (χ4n) is 4.18. The summed E-state index contributed by atoms with van der Waals surface area (Å²) in [5.74, 6) is 0.210. The predicted octanol–water partition coefficient (Wildman–Crippen LogP) is 3.60. The van der Waals surface area contributed by atoms with Crippen molar-refractivity contribution in [2.24, 2.45) is 5.10 Å². The minimum atomic E-state index is -0.466. The number of rotatable bonds is 5. The molecule has 36 heavy (non-hydrogen) atoms. The number of carbonyl (C=O) groups excluding carboxylic acids is 1. The van der Waals surface area contributed by atoms with Gasteiger partial charge in [-0.05, 0) is 42.0 Å². The Morgan fingerprint density at radius 3 is 2.61 bits per heavy atom. The molecule has 4 heterocycles. The Morgan fingerprint density at radius 1 is 1.06 bits per heavy atom. The van der Waals surface area contributed by atoms with Gasteiger partial charge in [0, 0.05) is 11.4 Å². The number of furan rings is 1. The van der Waals surface area contributed by atoms with Crippen molar-refractivity contribution in [1.82, 2.24) is 29.6 Å². The van der Waals surface area contributed by atoms with Crippen molar-refractivity contribution < 1.29 is 9.21 Å². The number of benzene rings is 2. The number of para-hydroxylation sites is 1. The number of hydrogen-bond acceptors (Lipinski definition) is 7. The quantitative estimate of drug-likeness (QED) is 0.365. The van der Waals surface area contributed by atoms with Gasteiger partial charge in [0.1, 0.15) is 24.7 Å². The van der Waals surface area contributed by atoms with Gasteiger partial charge in [0.05, 0.1) is 17.7 Å². The molecule has 5 aromatic rings. The summed E-state index contributed by atoms with van der Waals surface area (Å²) >= 11 is 6.02. The number of fused-ring (bicyclic) bond motifs is 1. The van der Waals surface area contributed by atoms with Crippen molar-refractivity contribution >= 4 is 34.4 Å². The van der Waals surface area contributed by atoms with Gasteiger partial charge >= 0.3 is 0 Å². The second-order valence-corrected chi connectivity index (χ2v) is 8.65. The van der Waals surface area contributed by atoms with Gasteiger partial charge in [0.2, 0.25) is 0 Å². The lowest BCUT2D eigenvalue weighted by atomic mass is 10.0. The van der Waals surface area contributed by atoms with Gasteiger partial charge in [-0.1, -0.05) is 47.1 Å². The van der Waals surface area contributed by atoms with Crippen molar-refractivity contribution in [2.75, 3.05) is 0 Å². The van der Waals surface area contributed by atoms with E-state index >= 15 is 0 Å². The largest absolute Gasteiger partial charge is 0.467 e. The summed E-state index contributed by atoms with van der Waals surface area (Å²) in [6.07, 6.45) is 3.34. The zero-order valence-corrected chi connectivity index (χ0v) is 19.5. The number of carbonyl (C=O) groups is 1. The minimum absolute atomic E-state index is 0.0727. The van der Waals surface area contributed by atoms with E-state index in [1.807, 2.05) is 42.5 Å². The summed E-state index contributed by atoms with van der Waals surface area (Å²) in [6, 6.07) is 19.6. The predicted molar refractivity (Wildman–Crippen MR) is 132 cm³/mol. The van der Waals surface area contributed by atoms with E-state index in [1.54, 1.807) is 30.5 Å². The van der Waals surface area contributed by atoms with Crippen LogP contribution in [0.3, 0.4) is 0 Å². The van der Waals surface area contributed by atoms with Crippen molar-refractivity contribution in [3.63, 3.8) is 0 Å². The van der Waals surface area contributed by atoms with E-state index in [9.17, 15) is 9.59 Å². The van der Waals surface area contributed by atoms with E-state index < -0.39 is 11.6 Å². The van der Waals surface area contributed by atoms with Gasteiger partial charge in [-0.15, -0.1) is 5.10 Å². The SMILES string of the molecule is O=C(Cn1cnc2c(nnn2-c2ccccc2)c1=O)N1N=C(c2ccc(Cl)cc2)CC1c1ccco1. The molecule has 1 aliphatic rings. The standard InChI is InChI=1S/C25H18ClN7O3/c26-17-10-8-16(9-11-17)19-13-20(21-7-4-12-36-21)33(29-19)22(34)14-31-15-27-24-23(25(31)35)28-30-32(24)18-5-2-1-3-6-18/h1-12,15,20H,13-14H2. The van der Waals surface area contributed by atoms with E-state index in [1.165, 1.54) is 20.6 Å². The monoisotopic (exact) mass is 499 g/mol. The number of hydrazone groups is 1. The molecule has 1 unspecified atom stereocenters. The van der Waals surface area contributed by atoms with E-state index in [4.69, 9.17) is 16.0 Å². The molecule has 1 amide bonds. The second kappa shape index (κ2) is 8.90. The van der Waals surface area contributed by atoms with Gasteiger partial charge in [-0.2, -0.15) is 9.78 Å². The fourth-order valence-corrected chi connectivity index (χ4v) is 4.30. The third-order valence-corrected chi connectivity index (χ3v) is 6.20. The van der Waals surface area contributed by atoms with Crippen LogP contribution in [0.5, 0.6) is 0 Å². The van der Waals surface area contributed by atoms with E-state index in [0.717, 1.165) is 11.3 Å². The second-order valence-electron chi connectivity index (χ2n) is 8.21. The lowest BCUT2D eigenvalue weighted by Gasteiger charge is -2.20. The topological polar surface area (TPSA) is 111 Å². The highest BCUT2D eigenvalue weighted by Crippen LogP contribution is 2.33. The summed E-state index contributed by atoms with van der Waals surface area (Å²) in [4.78, 5) is 30.9. The summed E-state index contributed by atoms with van der Waals surface area (Å²) in [6.45, 7) is -0.269. The molecule has 1 atom stereocenters. The molecule has 1 aliphatic heterocycles. The summed E-state index contributed by atoms with van der Waals surface area (Å²) < 4.78 is 8.28. The smallest absolute Gasteiger partial charge is 0.284 e. The number of aromatic nitrogens is 5. The summed E-state index contributed by atoms with van der Waals surface area (Å²) in [5, 5.41) is 14.6. The van der Waals surface area contributed by atoms with Crippen LogP contribution in [0.2, 0.25) is 5.02 Å². The normalized spacial score (nSPS) is 15.4. The molecular formula is C25H18ClN7O3. The molecule has 0 aliphatic carbocycles. The van der Waals surface area contributed by atoms with Gasteiger partial charge in [-0.3, -0.25) is 14.2 Å². The maximum atomic E-state index is 13.4. The summed E-state index contributed by atoms with van der Waals surface area (Å²) in [7, 11) is 0. The zero-order valence-electron chi connectivity index (χ0n) is 18.7. The first kappa shape index (κ1) is 21.9. The van der Waals surface area contributed by atoms with E-state index in [2.05, 4.69) is 20.4 Å². The lowest BCUT2D eigenvalue weighted by Crippen LogP contribution is -2.34. The van der Waals surface area contributed by atoms with Crippen LogP contribution >= 0.6 is 11.6 Å². The minimum Gasteiger partial charge on any atom is -0.467 e. The molecule has 0 bridgehead atoms. The highest BCUT2D eigenvalue weighted by Gasteiger charge is 2.35. The highest BCUT2D eigenvalue weighted by molar-refractivity contribution is 6.30. The third-order valence-electron chi connectivity index (χ3n) is 5.95. The van der Waals surface area contributed by atoms with Crippen LogP contribution in [0.15, 0.2) is 93.6 Å². The Labute approximate surface area is 209 Å². The molecule has 0 spiro atoms. The molecule has 0 N–H and O–H groups in total. The van der Waals surface area contributed by atoms with Crippen LogP contribution in [0.4, 0.5) is 0 Å². The Morgan fingerprint density at radius 2 is 1.86 bits per heavy atom. The fraction of sp³-hybridized carbons (Fsp3) is 0.120. The Bertz CT molecular complexity index is 1640. The average molecular weight is 500 g/mol. The van der Waals surface area contributed by atoms with Crippen LogP contribution in [0.25, 0.3) is 16.9 Å². The van der Waals surface area contributed by atoms with Gasteiger partial charge in [-0.25, -0.2) is 9.99 Å². The molecule has 6 rings (SSSR count). The molecule has 0 saturated heterocycles. The number of nitrogens with zero attached hydrogens (tertiary/aromatic N) is 7. The average Bonchev–Trinajstić information content (AvgIpc) is 3.66. The maximum absolute atomic E-state index is 13.4. The molecule has 3 aromatic heterocycles. The highest BCUT2D eigenvalue weighted by atomic mass is 35.5. The lowest BCUT2D eigenvalue weighted by molar-refractivity contribution is -0.134. The first-order chi connectivity index (χ1) is 17.6. The molecule has 0 saturated carbocycles. The first-order valence-corrected chi connectivity index (χ1v) is 11.5. The van der Waals surface area contributed by atoms with E-state index in [-0.39, 0.29) is 18.0 Å². The molecular weight excluding hydrogens is 482 g/mol. The van der Waals surface area contributed by atoms with Crippen molar-refractivity contribution in [1.29, 1.82) is 0 Å². The van der Waals surface area contributed by atoms with Crippen LogP contribution in [-0.2, 0) is 11.3 Å². The Balaban J connectivity index is 1.32. The number of hydrogen-bond donors (Lipinski definition) is 0. The molecule has 0 radical (unpaired) electrons. The molecule has 178 valence electrons.